The summed E-state index contributed by atoms with van der Waals surface area (Å²) >= 11 is 0. The van der Waals surface area contributed by atoms with Crippen molar-refractivity contribution in [1.29, 1.82) is 0 Å². The maximum Gasteiger partial charge on any atom is 0.229 e. The molecule has 0 saturated heterocycles. The van der Waals surface area contributed by atoms with Crippen molar-refractivity contribution < 1.29 is 9.32 Å². The van der Waals surface area contributed by atoms with Crippen LogP contribution in [0.4, 0.5) is 5.82 Å². The fraction of sp³-hybridized carbons (Fsp3) is 0.667. The Bertz CT molecular complexity index is 368. The Kier molecular flexibility index (Phi) is 2.42. The van der Waals surface area contributed by atoms with Crippen LogP contribution in [0.2, 0.25) is 0 Å². The molecule has 4 nitrogen and oxygen atoms in total. The van der Waals surface area contributed by atoms with Gasteiger partial charge in [-0.15, -0.1) is 0 Å². The molecule has 2 atom stereocenters. The van der Waals surface area contributed by atoms with Gasteiger partial charge in [-0.25, -0.2) is 0 Å². The molecule has 1 amide bonds. The average Bonchev–Trinajstić information content (AvgIpc) is 2.71. The minimum Gasteiger partial charge on any atom is -0.363 e. The Morgan fingerprint density at radius 3 is 2.94 bits per heavy atom. The van der Waals surface area contributed by atoms with E-state index in [-0.39, 0.29) is 11.8 Å². The fourth-order valence-corrected chi connectivity index (χ4v) is 2.92. The lowest BCUT2D eigenvalue weighted by molar-refractivity contribution is -0.117. The largest absolute Gasteiger partial charge is 0.363 e. The number of nitrogens with one attached hydrogen (secondary N) is 1. The third-order valence-corrected chi connectivity index (χ3v) is 3.87. The summed E-state index contributed by atoms with van der Waals surface area (Å²) in [6.07, 6.45) is 7.86. The number of carbonyl (C=O) groups is 1. The van der Waals surface area contributed by atoms with Crippen molar-refractivity contribution in [3.63, 3.8) is 0 Å². The van der Waals surface area contributed by atoms with Gasteiger partial charge in [0.25, 0.3) is 0 Å². The van der Waals surface area contributed by atoms with Crippen molar-refractivity contribution in [1.82, 2.24) is 5.16 Å². The second kappa shape index (κ2) is 3.92. The van der Waals surface area contributed by atoms with Crippen molar-refractivity contribution in [2.45, 2.75) is 32.1 Å². The third kappa shape index (κ3) is 1.84. The molecule has 0 spiro atoms. The van der Waals surface area contributed by atoms with E-state index in [1.165, 1.54) is 31.9 Å². The third-order valence-electron chi connectivity index (χ3n) is 3.87. The van der Waals surface area contributed by atoms with Gasteiger partial charge in [0, 0.05) is 12.0 Å². The number of aromatic nitrogens is 1. The molecule has 2 aliphatic rings. The standard InChI is InChI=1S/C12H16N2O2/c15-12(13-11-5-6-16-14-11)10-7-9(10)8-3-1-2-4-8/h5-6,8-10H,1-4,7H2,(H,13,14,15)/t9-,10?/m0/s1. The van der Waals surface area contributed by atoms with Crippen LogP contribution in [0.5, 0.6) is 0 Å². The Balaban J connectivity index is 1.53. The molecule has 16 heavy (non-hydrogen) atoms. The molecule has 2 saturated carbocycles. The lowest BCUT2D eigenvalue weighted by Gasteiger charge is -2.07. The Hall–Kier alpha value is -1.32. The van der Waals surface area contributed by atoms with Gasteiger partial charge < -0.3 is 9.84 Å². The van der Waals surface area contributed by atoms with E-state index in [0.717, 1.165) is 12.3 Å². The zero-order chi connectivity index (χ0) is 11.0. The molecule has 0 radical (unpaired) electrons. The van der Waals surface area contributed by atoms with Gasteiger partial charge in [-0.2, -0.15) is 0 Å². The Morgan fingerprint density at radius 2 is 2.25 bits per heavy atom. The maximum atomic E-state index is 11.8. The monoisotopic (exact) mass is 220 g/mol. The maximum absolute atomic E-state index is 11.8. The summed E-state index contributed by atoms with van der Waals surface area (Å²) in [5.74, 6) is 2.30. The zero-order valence-electron chi connectivity index (χ0n) is 9.19. The van der Waals surface area contributed by atoms with Gasteiger partial charge in [-0.3, -0.25) is 4.79 Å². The topological polar surface area (TPSA) is 55.1 Å². The SMILES string of the molecule is O=C(Nc1ccon1)C1C[C@H]1C1CCCC1. The lowest BCUT2D eigenvalue weighted by atomic mass is 10.0. The van der Waals surface area contributed by atoms with Gasteiger partial charge in [-0.1, -0.05) is 30.8 Å². The minimum absolute atomic E-state index is 0.116. The van der Waals surface area contributed by atoms with E-state index in [4.69, 9.17) is 0 Å². The molecule has 1 unspecified atom stereocenters. The average molecular weight is 220 g/mol. The first-order valence-electron chi connectivity index (χ1n) is 6.06. The molecule has 1 heterocycles. The van der Waals surface area contributed by atoms with Gasteiger partial charge in [0.15, 0.2) is 5.82 Å². The summed E-state index contributed by atoms with van der Waals surface area (Å²) in [5, 5.41) is 6.48. The van der Waals surface area contributed by atoms with Crippen molar-refractivity contribution in [3.05, 3.63) is 12.3 Å². The van der Waals surface area contributed by atoms with E-state index in [1.54, 1.807) is 6.07 Å². The first-order valence-corrected chi connectivity index (χ1v) is 6.06. The number of hydrogen-bond acceptors (Lipinski definition) is 3. The highest BCUT2D eigenvalue weighted by Crippen LogP contribution is 2.50. The normalized spacial score (nSPS) is 29.2. The van der Waals surface area contributed by atoms with Crippen LogP contribution in [0.3, 0.4) is 0 Å². The second-order valence-corrected chi connectivity index (χ2v) is 4.92. The van der Waals surface area contributed by atoms with Gasteiger partial charge >= 0.3 is 0 Å². The molecule has 3 rings (SSSR count). The molecule has 2 fully saturated rings. The van der Waals surface area contributed by atoms with Crippen LogP contribution in [-0.4, -0.2) is 11.1 Å². The van der Waals surface area contributed by atoms with Crippen molar-refractivity contribution in [2.75, 3.05) is 5.32 Å². The first kappa shape index (κ1) is 9.87. The summed E-state index contributed by atoms with van der Waals surface area (Å²) in [5.41, 5.74) is 0. The Morgan fingerprint density at radius 1 is 1.44 bits per heavy atom. The van der Waals surface area contributed by atoms with Gasteiger partial charge in [0.2, 0.25) is 5.91 Å². The molecule has 0 aromatic carbocycles. The van der Waals surface area contributed by atoms with E-state index in [2.05, 4.69) is 15.0 Å². The first-order chi connectivity index (χ1) is 7.84. The number of anilines is 1. The molecule has 0 aliphatic heterocycles. The highest BCUT2D eigenvalue weighted by atomic mass is 16.5. The van der Waals surface area contributed by atoms with Crippen LogP contribution >= 0.6 is 0 Å². The second-order valence-electron chi connectivity index (χ2n) is 4.92. The quantitative estimate of drug-likeness (QED) is 0.851. The van der Waals surface area contributed by atoms with E-state index in [9.17, 15) is 4.79 Å². The van der Waals surface area contributed by atoms with E-state index < -0.39 is 0 Å². The van der Waals surface area contributed by atoms with Crippen molar-refractivity contribution >= 4 is 11.7 Å². The molecule has 1 aromatic rings. The van der Waals surface area contributed by atoms with E-state index in [0.29, 0.717) is 11.7 Å². The fourth-order valence-electron chi connectivity index (χ4n) is 2.92. The van der Waals surface area contributed by atoms with Crippen LogP contribution in [0.25, 0.3) is 0 Å². The number of hydrogen-bond donors (Lipinski definition) is 1. The summed E-state index contributed by atoms with van der Waals surface area (Å²) in [4.78, 5) is 11.8. The number of rotatable bonds is 3. The van der Waals surface area contributed by atoms with Crippen LogP contribution in [0.15, 0.2) is 16.9 Å². The lowest BCUT2D eigenvalue weighted by Crippen LogP contribution is -2.16. The highest BCUT2D eigenvalue weighted by Gasteiger charge is 2.47. The van der Waals surface area contributed by atoms with E-state index in [1.807, 2.05) is 0 Å². The smallest absolute Gasteiger partial charge is 0.229 e. The van der Waals surface area contributed by atoms with Crippen LogP contribution in [-0.2, 0) is 4.79 Å². The predicted octanol–water partition coefficient (Wildman–Crippen LogP) is 2.44. The predicted molar refractivity (Wildman–Crippen MR) is 58.7 cm³/mol. The van der Waals surface area contributed by atoms with Crippen molar-refractivity contribution in [2.24, 2.45) is 17.8 Å². The summed E-state index contributed by atoms with van der Waals surface area (Å²) in [7, 11) is 0. The molecule has 2 aliphatic carbocycles. The Labute approximate surface area is 94.4 Å². The summed E-state index contributed by atoms with van der Waals surface area (Å²) in [6, 6.07) is 1.67. The molecule has 1 aromatic heterocycles. The van der Waals surface area contributed by atoms with Crippen LogP contribution in [0, 0.1) is 17.8 Å². The number of nitrogens with zero attached hydrogens (tertiary/aromatic N) is 1. The minimum atomic E-state index is 0.116. The van der Waals surface area contributed by atoms with Gasteiger partial charge in [0.05, 0.1) is 0 Å². The summed E-state index contributed by atoms with van der Waals surface area (Å²) < 4.78 is 4.68. The molecular weight excluding hydrogens is 204 g/mol. The number of carbonyl (C=O) groups excluding carboxylic acids is 1. The zero-order valence-corrected chi connectivity index (χ0v) is 9.19. The summed E-state index contributed by atoms with van der Waals surface area (Å²) in [6.45, 7) is 0. The molecule has 86 valence electrons. The highest BCUT2D eigenvalue weighted by molar-refractivity contribution is 5.93. The molecule has 4 heteroatoms. The molecule has 1 N–H and O–H groups in total. The number of amides is 1. The van der Waals surface area contributed by atoms with Gasteiger partial charge in [-0.05, 0) is 18.3 Å². The molecule has 0 bridgehead atoms. The molecular formula is C12H16N2O2. The van der Waals surface area contributed by atoms with E-state index >= 15 is 0 Å². The van der Waals surface area contributed by atoms with Gasteiger partial charge in [0.1, 0.15) is 6.26 Å². The van der Waals surface area contributed by atoms with Crippen LogP contribution < -0.4 is 5.32 Å². The van der Waals surface area contributed by atoms with Crippen molar-refractivity contribution in [3.8, 4) is 0 Å². The van der Waals surface area contributed by atoms with Crippen LogP contribution in [0.1, 0.15) is 32.1 Å².